The number of methoxy groups -OCH3 is 1. The van der Waals surface area contributed by atoms with Crippen LogP contribution in [0.4, 0.5) is 5.13 Å². The van der Waals surface area contributed by atoms with Gasteiger partial charge in [-0.25, -0.2) is 14.8 Å². The first kappa shape index (κ1) is 44.9. The van der Waals surface area contributed by atoms with E-state index in [1.54, 1.807) is 48.9 Å². The lowest BCUT2D eigenvalue weighted by atomic mass is 10.0. The summed E-state index contributed by atoms with van der Waals surface area (Å²) in [5.41, 5.74) is 5.17. The first-order valence-electron chi connectivity index (χ1n) is 21.9. The molecule has 1 aromatic heterocycles. The summed E-state index contributed by atoms with van der Waals surface area (Å²) >= 11 is 1.60. The lowest BCUT2D eigenvalue weighted by molar-refractivity contribution is 0.0435. The molecule has 334 valence electrons. The van der Waals surface area contributed by atoms with Crippen molar-refractivity contribution in [3.05, 3.63) is 162 Å². The highest BCUT2D eigenvalue weighted by Crippen LogP contribution is 2.32. The van der Waals surface area contributed by atoms with E-state index in [0.29, 0.717) is 79.4 Å². The quantitative estimate of drug-likeness (QED) is 0.0117. The van der Waals surface area contributed by atoms with Crippen molar-refractivity contribution in [2.75, 3.05) is 38.5 Å². The SMILES string of the molecule is C=COc1ccc(C(=O)Oc2ccc(CCc3ccc(OCc4ccc5cc(OCCCOC6CO6)ccc5c4)c(OC)c3)cc2/C=N/N(CCC(C)C)c2nc3ccccc3s2)cc1. The molecule has 0 aliphatic carbocycles. The van der Waals surface area contributed by atoms with Gasteiger partial charge in [0.15, 0.2) is 17.8 Å². The number of hydrazone groups is 1. The van der Waals surface area contributed by atoms with E-state index >= 15 is 0 Å². The van der Waals surface area contributed by atoms with Crippen LogP contribution < -0.4 is 28.7 Å². The number of rotatable bonds is 23. The number of thiazole rings is 1. The van der Waals surface area contributed by atoms with E-state index in [1.807, 2.05) is 59.6 Å². The minimum Gasteiger partial charge on any atom is -0.493 e. The van der Waals surface area contributed by atoms with Crippen molar-refractivity contribution >= 4 is 49.6 Å². The fourth-order valence-electron chi connectivity index (χ4n) is 7.05. The van der Waals surface area contributed by atoms with E-state index in [1.165, 1.54) is 6.26 Å². The molecule has 0 amide bonds. The molecule has 12 heteroatoms. The van der Waals surface area contributed by atoms with Gasteiger partial charge in [0.05, 0.1) is 48.6 Å². The van der Waals surface area contributed by atoms with Gasteiger partial charge >= 0.3 is 5.97 Å². The maximum atomic E-state index is 13.4. The van der Waals surface area contributed by atoms with Gasteiger partial charge in [-0.15, -0.1) is 0 Å². The van der Waals surface area contributed by atoms with Gasteiger partial charge in [-0.05, 0) is 132 Å². The van der Waals surface area contributed by atoms with E-state index in [0.717, 1.165) is 67.8 Å². The number of aromatic nitrogens is 1. The zero-order chi connectivity index (χ0) is 45.0. The topological polar surface area (TPSA) is 113 Å². The summed E-state index contributed by atoms with van der Waals surface area (Å²) in [5, 5.41) is 9.92. The summed E-state index contributed by atoms with van der Waals surface area (Å²) < 4.78 is 41.1. The average molecular weight is 892 g/mol. The van der Waals surface area contributed by atoms with Crippen molar-refractivity contribution in [2.45, 2.75) is 52.4 Å². The van der Waals surface area contributed by atoms with Gasteiger partial charge in [-0.3, -0.25) is 0 Å². The van der Waals surface area contributed by atoms with E-state index in [4.69, 9.17) is 43.2 Å². The predicted octanol–water partition coefficient (Wildman–Crippen LogP) is 11.6. The van der Waals surface area contributed by atoms with E-state index < -0.39 is 5.97 Å². The molecule has 0 radical (unpaired) electrons. The summed E-state index contributed by atoms with van der Waals surface area (Å²) in [7, 11) is 1.66. The highest BCUT2D eigenvalue weighted by molar-refractivity contribution is 7.22. The second kappa shape index (κ2) is 21.8. The smallest absolute Gasteiger partial charge is 0.343 e. The zero-order valence-electron chi connectivity index (χ0n) is 36.9. The van der Waals surface area contributed by atoms with Gasteiger partial charge in [-0.2, -0.15) is 5.10 Å². The van der Waals surface area contributed by atoms with Crippen LogP contribution in [-0.2, 0) is 28.9 Å². The number of aryl methyl sites for hydroxylation is 2. The molecule has 1 atom stereocenters. The normalized spacial score (nSPS) is 13.3. The molecule has 7 aromatic rings. The molecule has 0 saturated carbocycles. The van der Waals surface area contributed by atoms with E-state index in [-0.39, 0.29) is 6.29 Å². The maximum absolute atomic E-state index is 13.4. The van der Waals surface area contributed by atoms with Crippen molar-refractivity contribution in [3.63, 3.8) is 0 Å². The summed E-state index contributed by atoms with van der Waals surface area (Å²) in [4.78, 5) is 18.3. The predicted molar refractivity (Wildman–Crippen MR) is 257 cm³/mol. The molecule has 0 spiro atoms. The molecule has 1 aliphatic heterocycles. The van der Waals surface area contributed by atoms with Crippen molar-refractivity contribution < 1.29 is 38.0 Å². The van der Waals surface area contributed by atoms with Crippen LogP contribution in [0, 0.1) is 5.92 Å². The summed E-state index contributed by atoms with van der Waals surface area (Å²) in [6, 6.07) is 39.1. The van der Waals surface area contributed by atoms with E-state index in [9.17, 15) is 4.79 Å². The Labute approximate surface area is 383 Å². The first-order valence-corrected chi connectivity index (χ1v) is 22.7. The molecular weight excluding hydrogens is 839 g/mol. The largest absolute Gasteiger partial charge is 0.493 e. The molecule has 65 heavy (non-hydrogen) atoms. The van der Waals surface area contributed by atoms with Gasteiger partial charge < -0.3 is 33.2 Å². The number of para-hydroxylation sites is 1. The third kappa shape index (κ3) is 12.5. The van der Waals surface area contributed by atoms with Crippen LogP contribution in [0.1, 0.15) is 59.3 Å². The van der Waals surface area contributed by atoms with Crippen LogP contribution >= 0.6 is 11.3 Å². The Kier molecular flexibility index (Phi) is 15.0. The molecular formula is C53H53N3O8S. The summed E-state index contributed by atoms with van der Waals surface area (Å²) in [5.74, 6) is 3.11. The van der Waals surface area contributed by atoms with Gasteiger partial charge in [0, 0.05) is 18.5 Å². The fourth-order valence-corrected chi connectivity index (χ4v) is 8.00. The van der Waals surface area contributed by atoms with Crippen LogP contribution in [0.25, 0.3) is 21.0 Å². The molecule has 1 aliphatic rings. The molecule has 1 saturated heterocycles. The van der Waals surface area contributed by atoms with Crippen LogP contribution in [0.5, 0.6) is 28.7 Å². The number of carbonyl (C=O) groups is 1. The van der Waals surface area contributed by atoms with Crippen LogP contribution in [0.15, 0.2) is 139 Å². The third-order valence-electron chi connectivity index (χ3n) is 10.7. The number of hydrogen-bond acceptors (Lipinski definition) is 12. The number of epoxide rings is 1. The molecule has 1 unspecified atom stereocenters. The van der Waals surface area contributed by atoms with Gasteiger partial charge in [-0.1, -0.05) is 74.2 Å². The number of hydrogen-bond donors (Lipinski definition) is 0. The average Bonchev–Trinajstić information content (AvgIpc) is 4.06. The lowest BCUT2D eigenvalue weighted by Gasteiger charge is -2.17. The summed E-state index contributed by atoms with van der Waals surface area (Å²) in [6.07, 6.45) is 6.25. The monoisotopic (exact) mass is 891 g/mol. The van der Waals surface area contributed by atoms with Gasteiger partial charge in [0.1, 0.15) is 30.5 Å². The molecule has 0 N–H and O–H groups in total. The Bertz CT molecular complexity index is 2710. The van der Waals surface area contributed by atoms with E-state index in [2.05, 4.69) is 62.9 Å². The zero-order valence-corrected chi connectivity index (χ0v) is 37.8. The van der Waals surface area contributed by atoms with Gasteiger partial charge in [0.25, 0.3) is 0 Å². The molecule has 8 rings (SSSR count). The second-order valence-electron chi connectivity index (χ2n) is 16.0. The minimum atomic E-state index is -0.493. The Morgan fingerprint density at radius 1 is 0.846 bits per heavy atom. The maximum Gasteiger partial charge on any atom is 0.343 e. The fraction of sp³-hybridized carbons (Fsp3) is 0.264. The minimum absolute atomic E-state index is 0.0242. The number of fused-ring (bicyclic) bond motifs is 2. The third-order valence-corrected chi connectivity index (χ3v) is 11.8. The molecule has 1 fully saturated rings. The van der Waals surface area contributed by atoms with Crippen molar-refractivity contribution in [3.8, 4) is 28.7 Å². The molecule has 0 bridgehead atoms. The Hall–Kier alpha value is -6.73. The second-order valence-corrected chi connectivity index (χ2v) is 17.0. The number of carbonyl (C=O) groups excluding carboxylic acids is 1. The lowest BCUT2D eigenvalue weighted by Crippen LogP contribution is -2.19. The molecule has 6 aromatic carbocycles. The molecule has 11 nitrogen and oxygen atoms in total. The van der Waals surface area contributed by atoms with Gasteiger partial charge in [0.2, 0.25) is 5.13 Å². The van der Waals surface area contributed by atoms with Crippen LogP contribution in [0.3, 0.4) is 0 Å². The molecule has 2 heterocycles. The highest BCUT2D eigenvalue weighted by Gasteiger charge is 2.22. The Morgan fingerprint density at radius 3 is 2.35 bits per heavy atom. The first-order chi connectivity index (χ1) is 31.8. The summed E-state index contributed by atoms with van der Waals surface area (Å²) in [6.45, 7) is 10.9. The standard InChI is InChI=1S/C53H53N3O8S/c1-5-59-44-20-17-40(18-21-44)52(57)64-47-23-14-37(29-43(47)33-54-56(26-25-36(2)3)53-55-46-9-6-7-10-50(46)65-53)11-12-38-15-24-48(49(31-38)58-4)62-34-39-13-16-42-32-45(22-19-41(42)30-39)60-27-8-28-61-51-35-63-51/h5-7,9-10,13-24,29-33,36,51H,1,8,11-12,25-28,34-35H2,2-4H3/b54-33+. The number of esters is 1. The number of anilines is 1. The van der Waals surface area contributed by atoms with Crippen molar-refractivity contribution in [2.24, 2.45) is 11.0 Å². The Morgan fingerprint density at radius 2 is 1.58 bits per heavy atom. The highest BCUT2D eigenvalue weighted by atomic mass is 32.1. The Balaban J connectivity index is 0.945. The number of nitrogens with zero attached hydrogens (tertiary/aromatic N) is 3. The van der Waals surface area contributed by atoms with Crippen molar-refractivity contribution in [1.82, 2.24) is 4.98 Å². The van der Waals surface area contributed by atoms with Crippen molar-refractivity contribution in [1.29, 1.82) is 0 Å². The number of ether oxygens (including phenoxy) is 7. The number of benzene rings is 6. The van der Waals surface area contributed by atoms with Crippen LogP contribution in [0.2, 0.25) is 0 Å². The van der Waals surface area contributed by atoms with Crippen LogP contribution in [-0.4, -0.2) is 56.9 Å².